The molecule has 0 amide bonds. The van der Waals surface area contributed by atoms with Gasteiger partial charge in [0.2, 0.25) is 0 Å². The molecule has 0 atom stereocenters. The van der Waals surface area contributed by atoms with Crippen LogP contribution in [0.25, 0.3) is 0 Å². The van der Waals surface area contributed by atoms with Crippen LogP contribution < -0.4 is 0 Å². The van der Waals surface area contributed by atoms with Gasteiger partial charge < -0.3 is 0 Å². The Bertz CT molecular complexity index is 896. The van der Waals surface area contributed by atoms with Gasteiger partial charge in [-0.15, -0.1) is 0 Å². The third-order valence-electron chi connectivity index (χ3n) is 6.21. The molecule has 2 heterocycles. The van der Waals surface area contributed by atoms with E-state index < -0.39 is 0 Å². The van der Waals surface area contributed by atoms with Crippen LogP contribution in [0.3, 0.4) is 0 Å². The SMILES string of the molecule is Brc1ccc2c(c1)CCN(C1CN(C(c3ccccc3)c3ccccc3)C1)C2. The van der Waals surface area contributed by atoms with E-state index in [2.05, 4.69) is 105 Å². The highest BCUT2D eigenvalue weighted by Gasteiger charge is 2.38. The Balaban J connectivity index is 1.31. The summed E-state index contributed by atoms with van der Waals surface area (Å²) in [4.78, 5) is 5.31. The van der Waals surface area contributed by atoms with E-state index in [0.29, 0.717) is 12.1 Å². The van der Waals surface area contributed by atoms with E-state index in [9.17, 15) is 0 Å². The van der Waals surface area contributed by atoms with Crippen LogP contribution in [0.4, 0.5) is 0 Å². The van der Waals surface area contributed by atoms with Crippen LogP contribution in [0, 0.1) is 0 Å². The summed E-state index contributed by atoms with van der Waals surface area (Å²) in [6.45, 7) is 4.53. The standard InChI is InChI=1S/C25H25BrN2/c26-23-12-11-22-16-27(14-13-21(22)15-23)24-17-28(18-24)25(19-7-3-1-4-8-19)20-9-5-2-6-10-20/h1-12,15,24-25H,13-14,16-18H2. The van der Waals surface area contributed by atoms with Crippen LogP contribution in [0.2, 0.25) is 0 Å². The van der Waals surface area contributed by atoms with Crippen LogP contribution in [-0.2, 0) is 13.0 Å². The van der Waals surface area contributed by atoms with E-state index in [1.54, 1.807) is 0 Å². The van der Waals surface area contributed by atoms with Gasteiger partial charge in [-0.25, -0.2) is 0 Å². The predicted molar refractivity (Wildman–Crippen MR) is 118 cm³/mol. The molecule has 1 saturated heterocycles. The first kappa shape index (κ1) is 18.1. The van der Waals surface area contributed by atoms with Gasteiger partial charge in [0.05, 0.1) is 6.04 Å². The lowest BCUT2D eigenvalue weighted by atomic mass is 9.91. The molecule has 1 fully saturated rings. The molecule has 0 bridgehead atoms. The lowest BCUT2D eigenvalue weighted by Gasteiger charge is -2.50. The highest BCUT2D eigenvalue weighted by molar-refractivity contribution is 9.10. The fourth-order valence-electron chi connectivity index (χ4n) is 4.67. The van der Waals surface area contributed by atoms with E-state index in [1.807, 2.05) is 0 Å². The number of fused-ring (bicyclic) bond motifs is 1. The van der Waals surface area contributed by atoms with Crippen molar-refractivity contribution in [3.05, 3.63) is 106 Å². The summed E-state index contributed by atoms with van der Waals surface area (Å²) >= 11 is 3.61. The molecule has 2 aliphatic heterocycles. The average Bonchev–Trinajstić information content (AvgIpc) is 2.71. The Labute approximate surface area is 175 Å². The zero-order valence-corrected chi connectivity index (χ0v) is 17.6. The van der Waals surface area contributed by atoms with Crippen molar-refractivity contribution in [2.24, 2.45) is 0 Å². The molecule has 0 unspecified atom stereocenters. The molecule has 5 rings (SSSR count). The molecule has 28 heavy (non-hydrogen) atoms. The van der Waals surface area contributed by atoms with E-state index in [4.69, 9.17) is 0 Å². The molecule has 2 aliphatic rings. The second-order valence-electron chi connectivity index (χ2n) is 7.97. The predicted octanol–water partition coefficient (Wildman–Crippen LogP) is 5.28. The first-order valence-electron chi connectivity index (χ1n) is 10.1. The number of benzene rings is 3. The van der Waals surface area contributed by atoms with Gasteiger partial charge in [-0.1, -0.05) is 82.7 Å². The number of hydrogen-bond donors (Lipinski definition) is 0. The number of halogens is 1. The summed E-state index contributed by atoms with van der Waals surface area (Å²) in [6.07, 6.45) is 1.16. The number of rotatable bonds is 4. The maximum Gasteiger partial charge on any atom is 0.0602 e. The van der Waals surface area contributed by atoms with E-state index in [1.165, 1.54) is 33.3 Å². The topological polar surface area (TPSA) is 6.48 Å². The molecular formula is C25H25BrN2. The second kappa shape index (κ2) is 7.82. The first-order valence-corrected chi connectivity index (χ1v) is 10.9. The van der Waals surface area contributed by atoms with Crippen LogP contribution in [0.5, 0.6) is 0 Å². The molecule has 0 saturated carbocycles. The van der Waals surface area contributed by atoms with Gasteiger partial charge in [0, 0.05) is 36.7 Å². The minimum Gasteiger partial charge on any atom is -0.293 e. The zero-order valence-electron chi connectivity index (χ0n) is 16.0. The van der Waals surface area contributed by atoms with Crippen molar-refractivity contribution in [1.82, 2.24) is 9.80 Å². The maximum atomic E-state index is 3.61. The minimum absolute atomic E-state index is 0.353. The van der Waals surface area contributed by atoms with Crippen molar-refractivity contribution in [3.63, 3.8) is 0 Å². The lowest BCUT2D eigenvalue weighted by Crippen LogP contribution is -2.60. The number of nitrogens with zero attached hydrogens (tertiary/aromatic N) is 2. The van der Waals surface area contributed by atoms with Crippen LogP contribution in [0.1, 0.15) is 28.3 Å². The van der Waals surface area contributed by atoms with Gasteiger partial charge in [0.25, 0.3) is 0 Å². The Hall–Kier alpha value is -1.94. The van der Waals surface area contributed by atoms with Crippen molar-refractivity contribution >= 4 is 15.9 Å². The summed E-state index contributed by atoms with van der Waals surface area (Å²) in [5.74, 6) is 0. The second-order valence-corrected chi connectivity index (χ2v) is 8.88. The fourth-order valence-corrected chi connectivity index (χ4v) is 5.08. The number of likely N-dealkylation sites (tertiary alicyclic amines) is 1. The molecule has 0 radical (unpaired) electrons. The first-order chi connectivity index (χ1) is 13.8. The zero-order chi connectivity index (χ0) is 18.9. The average molecular weight is 433 g/mol. The van der Waals surface area contributed by atoms with Gasteiger partial charge in [-0.2, -0.15) is 0 Å². The number of hydrogen-bond acceptors (Lipinski definition) is 2. The fraction of sp³-hybridized carbons (Fsp3) is 0.280. The summed E-state index contributed by atoms with van der Waals surface area (Å²) in [5, 5.41) is 0. The Morgan fingerprint density at radius 1 is 0.786 bits per heavy atom. The van der Waals surface area contributed by atoms with Crippen molar-refractivity contribution < 1.29 is 0 Å². The van der Waals surface area contributed by atoms with E-state index in [-0.39, 0.29) is 0 Å². The molecule has 2 nitrogen and oxygen atoms in total. The maximum absolute atomic E-state index is 3.61. The largest absolute Gasteiger partial charge is 0.293 e. The molecule has 0 N–H and O–H groups in total. The molecule has 3 heteroatoms. The lowest BCUT2D eigenvalue weighted by molar-refractivity contribution is 0.00727. The Morgan fingerprint density at radius 3 is 2.07 bits per heavy atom. The van der Waals surface area contributed by atoms with E-state index >= 15 is 0 Å². The summed E-state index contributed by atoms with van der Waals surface area (Å²) in [7, 11) is 0. The van der Waals surface area contributed by atoms with Crippen LogP contribution >= 0.6 is 15.9 Å². The molecule has 0 spiro atoms. The summed E-state index contributed by atoms with van der Waals surface area (Å²) in [5.41, 5.74) is 5.78. The van der Waals surface area contributed by atoms with Crippen molar-refractivity contribution in [3.8, 4) is 0 Å². The highest BCUT2D eigenvalue weighted by atomic mass is 79.9. The molecular weight excluding hydrogens is 408 g/mol. The molecule has 3 aromatic rings. The quantitative estimate of drug-likeness (QED) is 0.552. The van der Waals surface area contributed by atoms with Gasteiger partial charge in [0.1, 0.15) is 0 Å². The molecule has 0 aliphatic carbocycles. The van der Waals surface area contributed by atoms with Gasteiger partial charge >= 0.3 is 0 Å². The molecule has 3 aromatic carbocycles. The molecule has 0 aromatic heterocycles. The highest BCUT2D eigenvalue weighted by Crippen LogP contribution is 2.35. The van der Waals surface area contributed by atoms with Crippen molar-refractivity contribution in [2.45, 2.75) is 25.0 Å². The van der Waals surface area contributed by atoms with E-state index in [0.717, 1.165) is 26.1 Å². The van der Waals surface area contributed by atoms with Crippen molar-refractivity contribution in [2.75, 3.05) is 19.6 Å². The summed E-state index contributed by atoms with van der Waals surface area (Å²) < 4.78 is 1.20. The Morgan fingerprint density at radius 2 is 1.43 bits per heavy atom. The summed E-state index contributed by atoms with van der Waals surface area (Å²) in [6, 6.07) is 29.7. The smallest absolute Gasteiger partial charge is 0.0602 e. The minimum atomic E-state index is 0.353. The van der Waals surface area contributed by atoms with Gasteiger partial charge in [0.15, 0.2) is 0 Å². The Kier molecular flexibility index (Phi) is 5.06. The van der Waals surface area contributed by atoms with Crippen LogP contribution in [-0.4, -0.2) is 35.5 Å². The van der Waals surface area contributed by atoms with Crippen LogP contribution in [0.15, 0.2) is 83.3 Å². The molecule has 142 valence electrons. The van der Waals surface area contributed by atoms with Gasteiger partial charge in [-0.3, -0.25) is 9.80 Å². The third kappa shape index (κ3) is 3.55. The monoisotopic (exact) mass is 432 g/mol. The third-order valence-corrected chi connectivity index (χ3v) is 6.71. The normalized spacial score (nSPS) is 18.1. The van der Waals surface area contributed by atoms with Crippen molar-refractivity contribution in [1.29, 1.82) is 0 Å². The van der Waals surface area contributed by atoms with Gasteiger partial charge in [-0.05, 0) is 40.8 Å².